The highest BCUT2D eigenvalue weighted by Crippen LogP contribution is 2.19. The quantitative estimate of drug-likeness (QED) is 0.796. The van der Waals surface area contributed by atoms with Gasteiger partial charge in [0, 0.05) is 17.1 Å². The fourth-order valence-corrected chi connectivity index (χ4v) is 1.74. The van der Waals surface area contributed by atoms with Crippen molar-refractivity contribution in [2.24, 2.45) is 0 Å². The van der Waals surface area contributed by atoms with Gasteiger partial charge in [-0.15, -0.1) is 0 Å². The molecule has 5 nitrogen and oxygen atoms in total. The molecule has 3 N–H and O–H groups in total. The van der Waals surface area contributed by atoms with Crippen LogP contribution >= 0.6 is 0 Å². The number of aromatic amines is 1. The maximum Gasteiger partial charge on any atom is 0.416 e. The molecule has 0 fully saturated rings. The molecule has 1 amide bonds. The van der Waals surface area contributed by atoms with E-state index in [9.17, 15) is 22.8 Å². The molecule has 1 aromatic carbocycles. The number of rotatable bonds is 3. The molecule has 1 heterocycles. The predicted molar refractivity (Wildman–Crippen MR) is 69.0 cm³/mol. The Morgan fingerprint density at radius 2 is 2.00 bits per heavy atom. The lowest BCUT2D eigenvalue weighted by Gasteiger charge is -2.14. The van der Waals surface area contributed by atoms with Gasteiger partial charge in [0.2, 0.25) is 5.43 Å². The van der Waals surface area contributed by atoms with E-state index in [1.165, 1.54) is 6.07 Å². The van der Waals surface area contributed by atoms with E-state index in [4.69, 9.17) is 5.11 Å². The largest absolute Gasteiger partial charge is 0.416 e. The van der Waals surface area contributed by atoms with Crippen LogP contribution in [0.25, 0.3) is 10.9 Å². The number of amides is 1. The molecule has 8 heteroatoms. The molecule has 0 aliphatic rings. The van der Waals surface area contributed by atoms with Crippen molar-refractivity contribution in [2.45, 2.75) is 12.3 Å². The predicted octanol–water partition coefficient (Wildman–Crippen LogP) is 1.18. The second-order valence-electron chi connectivity index (χ2n) is 4.34. The Bertz CT molecular complexity index is 724. The van der Waals surface area contributed by atoms with Crippen LogP contribution in [0.1, 0.15) is 10.4 Å². The maximum absolute atomic E-state index is 12.1. The Labute approximate surface area is 116 Å². The van der Waals surface area contributed by atoms with Crippen molar-refractivity contribution in [3.63, 3.8) is 0 Å². The van der Waals surface area contributed by atoms with Crippen LogP contribution in [0.5, 0.6) is 0 Å². The minimum Gasteiger partial charge on any atom is -0.382 e. The van der Waals surface area contributed by atoms with E-state index in [2.05, 4.69) is 4.98 Å². The summed E-state index contributed by atoms with van der Waals surface area (Å²) in [4.78, 5) is 26.5. The van der Waals surface area contributed by atoms with E-state index in [-0.39, 0.29) is 10.9 Å². The number of carbonyl (C=O) groups excluding carboxylic acids is 1. The third-order valence-electron chi connectivity index (χ3n) is 2.87. The van der Waals surface area contributed by atoms with Gasteiger partial charge in [-0.3, -0.25) is 9.59 Å². The van der Waals surface area contributed by atoms with Gasteiger partial charge < -0.3 is 15.4 Å². The number of aliphatic hydroxyl groups excluding tert-OH is 1. The Kier molecular flexibility index (Phi) is 3.99. The maximum atomic E-state index is 12.1. The summed E-state index contributed by atoms with van der Waals surface area (Å²) >= 11 is 0. The normalized spacial score (nSPS) is 13.1. The number of alkyl halides is 3. The van der Waals surface area contributed by atoms with Gasteiger partial charge in [0.25, 0.3) is 5.91 Å². The molecule has 0 spiro atoms. The Morgan fingerprint density at radius 1 is 1.33 bits per heavy atom. The first-order valence-electron chi connectivity index (χ1n) is 5.94. The third-order valence-corrected chi connectivity index (χ3v) is 2.87. The van der Waals surface area contributed by atoms with Crippen LogP contribution in [0.15, 0.2) is 35.3 Å². The summed E-state index contributed by atoms with van der Waals surface area (Å²) in [5, 5.41) is 10.9. The summed E-state index contributed by atoms with van der Waals surface area (Å²) in [7, 11) is 0. The van der Waals surface area contributed by atoms with E-state index in [1.807, 2.05) is 5.32 Å². The van der Waals surface area contributed by atoms with Gasteiger partial charge in [-0.25, -0.2) is 0 Å². The van der Waals surface area contributed by atoms with Crippen LogP contribution in [0.4, 0.5) is 13.2 Å². The van der Waals surface area contributed by atoms with Crippen LogP contribution < -0.4 is 10.7 Å². The number of aromatic nitrogens is 1. The van der Waals surface area contributed by atoms with Crippen molar-refractivity contribution in [3.05, 3.63) is 46.2 Å². The summed E-state index contributed by atoms with van der Waals surface area (Å²) in [6.45, 7) is -1.02. The number of hydrogen-bond donors (Lipinski definition) is 3. The smallest absolute Gasteiger partial charge is 0.382 e. The zero-order chi connectivity index (χ0) is 15.6. The van der Waals surface area contributed by atoms with Gasteiger partial charge in [-0.2, -0.15) is 13.2 Å². The highest BCUT2D eigenvalue weighted by molar-refractivity contribution is 5.97. The summed E-state index contributed by atoms with van der Waals surface area (Å²) in [5.41, 5.74) is -0.402. The lowest BCUT2D eigenvalue weighted by Crippen LogP contribution is -2.41. The van der Waals surface area contributed by atoms with Crippen LogP contribution in [0, 0.1) is 0 Å². The number of carbonyl (C=O) groups is 1. The van der Waals surface area contributed by atoms with Crippen molar-refractivity contribution in [1.29, 1.82) is 0 Å². The van der Waals surface area contributed by atoms with Crippen LogP contribution in [-0.2, 0) is 0 Å². The van der Waals surface area contributed by atoms with Crippen LogP contribution in [-0.4, -0.2) is 34.8 Å². The first-order chi connectivity index (χ1) is 9.80. The molecule has 1 atom stereocenters. The Morgan fingerprint density at radius 3 is 2.67 bits per heavy atom. The summed E-state index contributed by atoms with van der Waals surface area (Å²) < 4.78 is 36.4. The lowest BCUT2D eigenvalue weighted by molar-refractivity contribution is -0.201. The number of hydrogen-bond acceptors (Lipinski definition) is 3. The van der Waals surface area contributed by atoms with E-state index in [0.717, 1.165) is 6.20 Å². The van der Waals surface area contributed by atoms with Crippen molar-refractivity contribution in [2.75, 3.05) is 6.54 Å². The van der Waals surface area contributed by atoms with Gasteiger partial charge in [0.15, 0.2) is 6.10 Å². The van der Waals surface area contributed by atoms with Crippen molar-refractivity contribution in [3.8, 4) is 0 Å². The molecule has 2 rings (SSSR count). The van der Waals surface area contributed by atoms with Gasteiger partial charge in [-0.05, 0) is 12.1 Å². The minimum absolute atomic E-state index is 0.251. The number of H-pyrrole nitrogens is 1. The summed E-state index contributed by atoms with van der Waals surface area (Å²) in [5.74, 6) is -0.981. The molecule has 112 valence electrons. The zero-order valence-corrected chi connectivity index (χ0v) is 10.6. The number of nitrogens with one attached hydrogen (secondary N) is 2. The number of aliphatic hydroxyl groups is 1. The molecule has 1 unspecified atom stereocenters. The molecule has 0 aliphatic heterocycles. The number of benzene rings is 1. The lowest BCUT2D eigenvalue weighted by atomic mass is 10.1. The molecule has 0 saturated heterocycles. The second kappa shape index (κ2) is 5.57. The zero-order valence-electron chi connectivity index (χ0n) is 10.6. The van der Waals surface area contributed by atoms with Gasteiger partial charge in [0.1, 0.15) is 5.56 Å². The van der Waals surface area contributed by atoms with Crippen LogP contribution in [0.3, 0.4) is 0 Å². The van der Waals surface area contributed by atoms with E-state index in [1.54, 1.807) is 18.2 Å². The molecule has 0 aliphatic carbocycles. The number of halogens is 3. The van der Waals surface area contributed by atoms with Crippen molar-refractivity contribution < 1.29 is 23.1 Å². The Balaban J connectivity index is 2.21. The molecule has 1 aromatic heterocycles. The highest BCUT2D eigenvalue weighted by atomic mass is 19.4. The fraction of sp³-hybridized carbons (Fsp3) is 0.231. The van der Waals surface area contributed by atoms with Crippen molar-refractivity contribution in [1.82, 2.24) is 10.3 Å². The standard InChI is InChI=1S/C13H11F3N2O3/c14-13(15,16)10(19)6-18-12(21)8-5-17-9-4-2-1-3-7(9)11(8)20/h1-5,10,19H,6H2,(H,17,20)(H,18,21). The van der Waals surface area contributed by atoms with Gasteiger partial charge in [0.05, 0.1) is 6.54 Å². The fourth-order valence-electron chi connectivity index (χ4n) is 1.74. The molecule has 0 saturated carbocycles. The van der Waals surface area contributed by atoms with E-state index < -0.39 is 30.2 Å². The van der Waals surface area contributed by atoms with Gasteiger partial charge >= 0.3 is 6.18 Å². The van der Waals surface area contributed by atoms with E-state index in [0.29, 0.717) is 5.52 Å². The monoisotopic (exact) mass is 300 g/mol. The molecule has 0 radical (unpaired) electrons. The molecule has 2 aromatic rings. The second-order valence-corrected chi connectivity index (χ2v) is 4.34. The number of para-hydroxylation sites is 1. The third kappa shape index (κ3) is 3.22. The number of pyridine rings is 1. The molecule has 0 bridgehead atoms. The summed E-state index contributed by atoms with van der Waals surface area (Å²) in [6.07, 6.45) is -6.38. The average Bonchev–Trinajstić information content (AvgIpc) is 2.44. The Hall–Kier alpha value is -2.35. The van der Waals surface area contributed by atoms with E-state index >= 15 is 0 Å². The number of fused-ring (bicyclic) bond motifs is 1. The first kappa shape index (κ1) is 15.0. The molecule has 21 heavy (non-hydrogen) atoms. The van der Waals surface area contributed by atoms with Gasteiger partial charge in [-0.1, -0.05) is 12.1 Å². The SMILES string of the molecule is O=C(NCC(O)C(F)(F)F)c1c[nH]c2ccccc2c1=O. The first-order valence-corrected chi connectivity index (χ1v) is 5.94. The molecular weight excluding hydrogens is 289 g/mol. The average molecular weight is 300 g/mol. The van der Waals surface area contributed by atoms with Crippen molar-refractivity contribution >= 4 is 16.8 Å². The van der Waals surface area contributed by atoms with Crippen LogP contribution in [0.2, 0.25) is 0 Å². The minimum atomic E-state index is -4.83. The molecular formula is C13H11F3N2O3. The highest BCUT2D eigenvalue weighted by Gasteiger charge is 2.38. The summed E-state index contributed by atoms with van der Waals surface area (Å²) in [6, 6.07) is 6.42. The topological polar surface area (TPSA) is 82.2 Å².